The molecular weight excluding hydrogens is 272 g/mol. The van der Waals surface area contributed by atoms with Crippen molar-refractivity contribution in [2.24, 2.45) is 0 Å². The second-order valence-electron chi connectivity index (χ2n) is 5.91. The third kappa shape index (κ3) is 1.99. The fraction of sp³-hybridized carbons (Fsp3) is 0.643. The van der Waals surface area contributed by atoms with Gasteiger partial charge in [0.05, 0.1) is 6.04 Å². The molecule has 1 atom stereocenters. The number of carbonyl (C=O) groups excluding carboxylic acids is 2. The molecule has 2 saturated heterocycles. The lowest BCUT2D eigenvalue weighted by molar-refractivity contribution is 0.0610. The second-order valence-corrected chi connectivity index (χ2v) is 5.91. The number of hydrogen-bond donors (Lipinski definition) is 1. The third-order valence-electron chi connectivity index (χ3n) is 4.66. The normalized spacial score (nSPS) is 24.6. The molecular formula is C14H18N4O3. The smallest absolute Gasteiger partial charge is 0.410 e. The monoisotopic (exact) mass is 290 g/mol. The molecule has 0 saturated carbocycles. The average Bonchev–Trinajstić information content (AvgIpc) is 3.10. The number of hydrogen-bond acceptors (Lipinski definition) is 4. The van der Waals surface area contributed by atoms with Crippen LogP contribution < -0.4 is 0 Å². The van der Waals surface area contributed by atoms with E-state index in [4.69, 9.17) is 4.74 Å². The van der Waals surface area contributed by atoms with Crippen molar-refractivity contribution in [3.63, 3.8) is 0 Å². The number of nitrogens with one attached hydrogen (secondary N) is 1. The van der Waals surface area contributed by atoms with Crippen LogP contribution in [0.5, 0.6) is 0 Å². The van der Waals surface area contributed by atoms with Gasteiger partial charge in [-0.1, -0.05) is 0 Å². The topological polar surface area (TPSA) is 78.5 Å². The number of aryl methyl sites for hydroxylation is 1. The number of fused-ring (bicyclic) bond motifs is 2. The van der Waals surface area contributed by atoms with E-state index < -0.39 is 0 Å². The van der Waals surface area contributed by atoms with Gasteiger partial charge in [-0.2, -0.15) is 5.10 Å². The highest BCUT2D eigenvalue weighted by molar-refractivity contribution is 5.94. The SMILES string of the molecule is O=C(c1n[nH]c2c1CCCC2)N1CCN2C(=O)OCC2C1. The largest absolute Gasteiger partial charge is 0.447 e. The maximum atomic E-state index is 12.7. The minimum Gasteiger partial charge on any atom is -0.447 e. The number of H-pyrrole nitrogens is 1. The standard InChI is InChI=1S/C14H18N4O3/c19-13(12-10-3-1-2-4-11(10)15-16-12)17-5-6-18-9(7-17)8-21-14(18)20/h9H,1-8H2,(H,15,16). The molecule has 7 nitrogen and oxygen atoms in total. The zero-order chi connectivity index (χ0) is 14.4. The van der Waals surface area contributed by atoms with Gasteiger partial charge in [-0.15, -0.1) is 0 Å². The molecule has 1 aromatic rings. The van der Waals surface area contributed by atoms with Gasteiger partial charge < -0.3 is 9.64 Å². The Morgan fingerprint density at radius 3 is 3.05 bits per heavy atom. The average molecular weight is 290 g/mol. The van der Waals surface area contributed by atoms with Gasteiger partial charge in [-0.25, -0.2) is 4.79 Å². The van der Waals surface area contributed by atoms with Crippen molar-refractivity contribution < 1.29 is 14.3 Å². The molecule has 4 rings (SSSR count). The van der Waals surface area contributed by atoms with E-state index in [1.165, 1.54) is 0 Å². The minimum atomic E-state index is -0.260. The summed E-state index contributed by atoms with van der Waals surface area (Å²) in [5, 5.41) is 7.26. The number of aromatic nitrogens is 2. The predicted molar refractivity (Wildman–Crippen MR) is 73.0 cm³/mol. The molecule has 1 N–H and O–H groups in total. The summed E-state index contributed by atoms with van der Waals surface area (Å²) in [6.07, 6.45) is 3.92. The van der Waals surface area contributed by atoms with Crippen molar-refractivity contribution >= 4 is 12.0 Å². The summed E-state index contributed by atoms with van der Waals surface area (Å²) in [6.45, 7) is 2.00. The van der Waals surface area contributed by atoms with Gasteiger partial charge in [0, 0.05) is 30.9 Å². The van der Waals surface area contributed by atoms with Crippen LogP contribution in [0.25, 0.3) is 0 Å². The van der Waals surface area contributed by atoms with E-state index in [9.17, 15) is 9.59 Å². The molecule has 1 aliphatic carbocycles. The van der Waals surface area contributed by atoms with Crippen LogP contribution in [0.1, 0.15) is 34.6 Å². The van der Waals surface area contributed by atoms with Crippen molar-refractivity contribution in [3.8, 4) is 0 Å². The molecule has 2 amide bonds. The maximum absolute atomic E-state index is 12.7. The number of nitrogens with zero attached hydrogens (tertiary/aromatic N) is 3. The minimum absolute atomic E-state index is 0.00929. The Bertz CT molecular complexity index is 597. The van der Waals surface area contributed by atoms with Crippen molar-refractivity contribution in [2.45, 2.75) is 31.7 Å². The van der Waals surface area contributed by atoms with Crippen LogP contribution in [0.4, 0.5) is 4.79 Å². The number of amides is 2. The van der Waals surface area contributed by atoms with Crippen LogP contribution in [0.3, 0.4) is 0 Å². The highest BCUT2D eigenvalue weighted by atomic mass is 16.6. The van der Waals surface area contributed by atoms with E-state index in [2.05, 4.69) is 10.2 Å². The summed E-state index contributed by atoms with van der Waals surface area (Å²) >= 11 is 0. The Kier molecular flexibility index (Phi) is 2.87. The molecule has 21 heavy (non-hydrogen) atoms. The van der Waals surface area contributed by atoms with E-state index in [1.54, 1.807) is 9.80 Å². The summed E-state index contributed by atoms with van der Waals surface area (Å²) in [5.41, 5.74) is 2.78. The van der Waals surface area contributed by atoms with Gasteiger partial charge in [0.15, 0.2) is 5.69 Å². The second kappa shape index (κ2) is 4.75. The zero-order valence-corrected chi connectivity index (χ0v) is 11.8. The number of carbonyl (C=O) groups is 2. The molecule has 0 radical (unpaired) electrons. The van der Waals surface area contributed by atoms with Crippen molar-refractivity contribution in [1.82, 2.24) is 20.0 Å². The number of rotatable bonds is 1. The van der Waals surface area contributed by atoms with Crippen LogP contribution in [-0.4, -0.2) is 64.3 Å². The van der Waals surface area contributed by atoms with Crippen LogP contribution in [0, 0.1) is 0 Å². The lowest BCUT2D eigenvalue weighted by Gasteiger charge is -2.35. The number of cyclic esters (lactones) is 1. The first-order chi connectivity index (χ1) is 10.2. The molecule has 3 aliphatic rings. The van der Waals surface area contributed by atoms with Crippen molar-refractivity contribution in [2.75, 3.05) is 26.2 Å². The molecule has 2 aliphatic heterocycles. The molecule has 0 spiro atoms. The fourth-order valence-corrected chi connectivity index (χ4v) is 3.48. The van der Waals surface area contributed by atoms with Gasteiger partial charge in [0.2, 0.25) is 0 Å². The van der Waals surface area contributed by atoms with E-state index in [0.29, 0.717) is 31.9 Å². The highest BCUT2D eigenvalue weighted by Crippen LogP contribution is 2.25. The van der Waals surface area contributed by atoms with Gasteiger partial charge >= 0.3 is 6.09 Å². The Hall–Kier alpha value is -2.05. The lowest BCUT2D eigenvalue weighted by atomic mass is 9.95. The van der Waals surface area contributed by atoms with Crippen LogP contribution in [0.15, 0.2) is 0 Å². The van der Waals surface area contributed by atoms with E-state index in [1.807, 2.05) is 0 Å². The van der Waals surface area contributed by atoms with Crippen molar-refractivity contribution in [1.29, 1.82) is 0 Å². The van der Waals surface area contributed by atoms with E-state index in [0.717, 1.165) is 36.9 Å². The molecule has 1 aromatic heterocycles. The van der Waals surface area contributed by atoms with Crippen LogP contribution in [0.2, 0.25) is 0 Å². The van der Waals surface area contributed by atoms with Crippen LogP contribution >= 0.6 is 0 Å². The predicted octanol–water partition coefficient (Wildman–Crippen LogP) is 0.565. The number of piperazine rings is 1. The summed E-state index contributed by atoms with van der Waals surface area (Å²) in [5.74, 6) is -0.0200. The Morgan fingerprint density at radius 2 is 2.14 bits per heavy atom. The Balaban J connectivity index is 1.53. The molecule has 0 bridgehead atoms. The first-order valence-electron chi connectivity index (χ1n) is 7.53. The molecule has 112 valence electrons. The fourth-order valence-electron chi connectivity index (χ4n) is 3.48. The van der Waals surface area contributed by atoms with Gasteiger partial charge in [0.1, 0.15) is 6.61 Å². The molecule has 1 unspecified atom stereocenters. The first kappa shape index (κ1) is 12.7. The third-order valence-corrected chi connectivity index (χ3v) is 4.66. The quantitative estimate of drug-likeness (QED) is 0.820. The number of aromatic amines is 1. The summed E-state index contributed by atoms with van der Waals surface area (Å²) in [4.78, 5) is 27.7. The lowest BCUT2D eigenvalue weighted by Crippen LogP contribution is -2.53. The van der Waals surface area contributed by atoms with Gasteiger partial charge in [-0.3, -0.25) is 14.8 Å². The summed E-state index contributed by atoms with van der Waals surface area (Å²) in [7, 11) is 0. The summed E-state index contributed by atoms with van der Waals surface area (Å²) in [6, 6.07) is -0.00929. The van der Waals surface area contributed by atoms with Crippen molar-refractivity contribution in [3.05, 3.63) is 17.0 Å². The molecule has 7 heteroatoms. The Labute approximate surface area is 122 Å². The zero-order valence-electron chi connectivity index (χ0n) is 11.8. The summed E-state index contributed by atoms with van der Waals surface area (Å²) < 4.78 is 5.04. The van der Waals surface area contributed by atoms with Gasteiger partial charge in [0.25, 0.3) is 5.91 Å². The Morgan fingerprint density at radius 1 is 1.29 bits per heavy atom. The molecule has 0 aromatic carbocycles. The maximum Gasteiger partial charge on any atom is 0.410 e. The highest BCUT2D eigenvalue weighted by Gasteiger charge is 2.39. The van der Waals surface area contributed by atoms with E-state index in [-0.39, 0.29) is 18.0 Å². The van der Waals surface area contributed by atoms with E-state index >= 15 is 0 Å². The van der Waals surface area contributed by atoms with Gasteiger partial charge in [-0.05, 0) is 25.7 Å². The first-order valence-corrected chi connectivity index (χ1v) is 7.53. The molecule has 2 fully saturated rings. The molecule has 3 heterocycles. The van der Waals surface area contributed by atoms with Crippen LogP contribution in [-0.2, 0) is 17.6 Å². The number of ether oxygens (including phenoxy) is 1.